The first-order valence-corrected chi connectivity index (χ1v) is 6.07. The summed E-state index contributed by atoms with van der Waals surface area (Å²) < 4.78 is 5.03. The molecule has 2 rings (SSSR count). The van der Waals surface area contributed by atoms with Gasteiger partial charge in [-0.2, -0.15) is 0 Å². The van der Waals surface area contributed by atoms with Crippen molar-refractivity contribution >= 4 is 11.8 Å². The molecule has 0 heterocycles. The van der Waals surface area contributed by atoms with Crippen molar-refractivity contribution in [3.05, 3.63) is 0 Å². The fraction of sp³-hybridized carbons (Fsp3) is 0.846. The molecule has 3 heteroatoms. The third kappa shape index (κ3) is 1.14. The number of ketones is 1. The highest BCUT2D eigenvalue weighted by molar-refractivity contribution is 6.05. The van der Waals surface area contributed by atoms with Crippen LogP contribution in [-0.2, 0) is 14.3 Å². The van der Waals surface area contributed by atoms with Gasteiger partial charge in [0.25, 0.3) is 0 Å². The molecule has 2 saturated carbocycles. The number of Topliss-reactive ketones (excluding diaryl/α,β-unsaturated/α-hetero) is 1. The van der Waals surface area contributed by atoms with Gasteiger partial charge in [0.1, 0.15) is 5.92 Å². The van der Waals surface area contributed by atoms with E-state index in [-0.39, 0.29) is 28.5 Å². The summed E-state index contributed by atoms with van der Waals surface area (Å²) >= 11 is 0. The molecule has 90 valence electrons. The number of rotatable bonds is 2. The Hall–Kier alpha value is -0.860. The first-order valence-electron chi connectivity index (χ1n) is 6.07. The molecule has 2 bridgehead atoms. The van der Waals surface area contributed by atoms with Crippen LogP contribution in [0.15, 0.2) is 0 Å². The second-order valence-corrected chi connectivity index (χ2v) is 5.79. The molecule has 3 nitrogen and oxygen atoms in total. The van der Waals surface area contributed by atoms with E-state index in [1.807, 2.05) is 6.92 Å². The van der Waals surface area contributed by atoms with Crippen molar-refractivity contribution in [2.45, 2.75) is 40.5 Å². The zero-order valence-corrected chi connectivity index (χ0v) is 10.5. The molecule has 2 aliphatic rings. The van der Waals surface area contributed by atoms with Gasteiger partial charge in [-0.3, -0.25) is 9.59 Å². The van der Waals surface area contributed by atoms with E-state index in [0.717, 1.165) is 12.8 Å². The van der Waals surface area contributed by atoms with Gasteiger partial charge in [0.15, 0.2) is 5.78 Å². The Morgan fingerprint density at radius 2 is 2.06 bits per heavy atom. The summed E-state index contributed by atoms with van der Waals surface area (Å²) in [7, 11) is 0. The van der Waals surface area contributed by atoms with Gasteiger partial charge in [0.05, 0.1) is 6.61 Å². The van der Waals surface area contributed by atoms with Gasteiger partial charge in [-0.05, 0) is 31.1 Å². The van der Waals surface area contributed by atoms with Gasteiger partial charge in [-0.25, -0.2) is 0 Å². The van der Waals surface area contributed by atoms with Crippen molar-refractivity contribution in [3.8, 4) is 0 Å². The topological polar surface area (TPSA) is 43.4 Å². The lowest BCUT2D eigenvalue weighted by molar-refractivity contribution is -0.154. The summed E-state index contributed by atoms with van der Waals surface area (Å²) in [5, 5.41) is 0. The molecule has 2 aliphatic carbocycles. The molecule has 0 spiro atoms. The molecule has 3 atom stereocenters. The number of esters is 1. The van der Waals surface area contributed by atoms with Gasteiger partial charge in [-0.1, -0.05) is 20.8 Å². The number of carbonyl (C=O) groups is 2. The van der Waals surface area contributed by atoms with E-state index in [1.165, 1.54) is 0 Å². The minimum absolute atomic E-state index is 0.0679. The molecule has 0 unspecified atom stereocenters. The molecule has 0 aromatic heterocycles. The van der Waals surface area contributed by atoms with Crippen molar-refractivity contribution in [2.75, 3.05) is 6.61 Å². The Labute approximate surface area is 96.5 Å². The minimum Gasteiger partial charge on any atom is -0.465 e. The predicted octanol–water partition coefficient (Wildman–Crippen LogP) is 2.19. The number of hydrogen-bond donors (Lipinski definition) is 0. The van der Waals surface area contributed by atoms with Crippen LogP contribution in [0.3, 0.4) is 0 Å². The largest absolute Gasteiger partial charge is 0.465 e. The van der Waals surface area contributed by atoms with Crippen LogP contribution in [0.5, 0.6) is 0 Å². The van der Waals surface area contributed by atoms with Crippen LogP contribution in [0.1, 0.15) is 40.5 Å². The second kappa shape index (κ2) is 3.31. The minimum atomic E-state index is -0.506. The van der Waals surface area contributed by atoms with E-state index in [9.17, 15) is 9.59 Å². The summed E-state index contributed by atoms with van der Waals surface area (Å²) in [5.41, 5.74) is -0.392. The lowest BCUT2D eigenvalue weighted by Gasteiger charge is -2.32. The molecular weight excluding hydrogens is 204 g/mol. The fourth-order valence-corrected chi connectivity index (χ4v) is 3.59. The fourth-order valence-electron chi connectivity index (χ4n) is 3.59. The van der Waals surface area contributed by atoms with E-state index < -0.39 is 5.92 Å². The smallest absolute Gasteiger partial charge is 0.316 e. The Morgan fingerprint density at radius 3 is 2.50 bits per heavy atom. The number of fused-ring (bicyclic) bond motifs is 2. The van der Waals surface area contributed by atoms with Crippen molar-refractivity contribution < 1.29 is 14.3 Å². The maximum atomic E-state index is 12.3. The summed E-state index contributed by atoms with van der Waals surface area (Å²) in [5.74, 6) is -0.543. The quantitative estimate of drug-likeness (QED) is 0.533. The van der Waals surface area contributed by atoms with Crippen LogP contribution in [-0.4, -0.2) is 18.4 Å². The van der Waals surface area contributed by atoms with Crippen LogP contribution in [0.2, 0.25) is 0 Å². The molecule has 0 saturated heterocycles. The number of carbonyl (C=O) groups excluding carboxylic acids is 2. The lowest BCUT2D eigenvalue weighted by atomic mass is 9.70. The van der Waals surface area contributed by atoms with E-state index in [0.29, 0.717) is 6.61 Å². The first kappa shape index (κ1) is 11.6. The van der Waals surface area contributed by atoms with E-state index in [2.05, 4.69) is 13.8 Å². The molecule has 0 aliphatic heterocycles. The molecule has 0 N–H and O–H groups in total. The normalized spacial score (nSPS) is 40.1. The third-order valence-corrected chi connectivity index (χ3v) is 5.07. The SMILES string of the molecule is CCOC(=O)[C@H]1C(=O)[C@]2(C)CC[C@@H]1C2(C)C. The monoisotopic (exact) mass is 224 g/mol. The maximum absolute atomic E-state index is 12.3. The zero-order chi connectivity index (χ0) is 12.1. The number of hydrogen-bond acceptors (Lipinski definition) is 3. The average Bonchev–Trinajstić information content (AvgIpc) is 2.50. The van der Waals surface area contributed by atoms with Crippen LogP contribution >= 0.6 is 0 Å². The lowest BCUT2D eigenvalue weighted by Crippen LogP contribution is -2.36. The van der Waals surface area contributed by atoms with Gasteiger partial charge in [0, 0.05) is 5.41 Å². The molecule has 0 aromatic carbocycles. The van der Waals surface area contributed by atoms with Crippen LogP contribution < -0.4 is 0 Å². The highest BCUT2D eigenvalue weighted by atomic mass is 16.5. The molecular formula is C13H20O3. The Bertz CT molecular complexity index is 345. The van der Waals surface area contributed by atoms with Gasteiger partial charge in [0.2, 0.25) is 0 Å². The molecule has 0 amide bonds. The molecule has 0 aromatic rings. The molecule has 2 fully saturated rings. The maximum Gasteiger partial charge on any atom is 0.316 e. The molecule has 16 heavy (non-hydrogen) atoms. The third-order valence-electron chi connectivity index (χ3n) is 5.07. The summed E-state index contributed by atoms with van der Waals surface area (Å²) in [6, 6.07) is 0. The Morgan fingerprint density at radius 1 is 1.44 bits per heavy atom. The van der Waals surface area contributed by atoms with Crippen molar-refractivity contribution in [3.63, 3.8) is 0 Å². The van der Waals surface area contributed by atoms with Crippen molar-refractivity contribution in [1.29, 1.82) is 0 Å². The highest BCUT2D eigenvalue weighted by Gasteiger charge is 2.68. The van der Waals surface area contributed by atoms with Gasteiger partial charge < -0.3 is 4.74 Å². The second-order valence-electron chi connectivity index (χ2n) is 5.79. The standard InChI is InChI=1S/C13H20O3/c1-5-16-11(15)9-8-6-7-13(4,10(9)14)12(8,2)3/h8-9H,5-7H2,1-4H3/t8-,9+,13-/m0/s1. The summed E-state index contributed by atoms with van der Waals surface area (Å²) in [6.07, 6.45) is 1.89. The average molecular weight is 224 g/mol. The van der Waals surface area contributed by atoms with E-state index >= 15 is 0 Å². The zero-order valence-electron chi connectivity index (χ0n) is 10.5. The van der Waals surface area contributed by atoms with Crippen molar-refractivity contribution in [1.82, 2.24) is 0 Å². The Balaban J connectivity index is 2.33. The van der Waals surface area contributed by atoms with Crippen LogP contribution in [0.25, 0.3) is 0 Å². The van der Waals surface area contributed by atoms with Gasteiger partial charge in [-0.15, -0.1) is 0 Å². The highest BCUT2D eigenvalue weighted by Crippen LogP contribution is 2.65. The van der Waals surface area contributed by atoms with E-state index in [4.69, 9.17) is 4.74 Å². The number of ether oxygens (including phenoxy) is 1. The molecule has 0 radical (unpaired) electrons. The van der Waals surface area contributed by atoms with Crippen LogP contribution in [0.4, 0.5) is 0 Å². The summed E-state index contributed by atoms with van der Waals surface area (Å²) in [4.78, 5) is 24.2. The Kier molecular flexibility index (Phi) is 2.41. The van der Waals surface area contributed by atoms with Crippen molar-refractivity contribution in [2.24, 2.45) is 22.7 Å². The van der Waals surface area contributed by atoms with Gasteiger partial charge >= 0.3 is 5.97 Å². The predicted molar refractivity (Wildman–Crippen MR) is 59.7 cm³/mol. The summed E-state index contributed by atoms with van der Waals surface area (Å²) in [6.45, 7) is 8.37. The van der Waals surface area contributed by atoms with Crippen LogP contribution in [0, 0.1) is 22.7 Å². The van der Waals surface area contributed by atoms with E-state index in [1.54, 1.807) is 6.92 Å². The first-order chi connectivity index (χ1) is 7.36.